The van der Waals surface area contributed by atoms with Gasteiger partial charge in [0.05, 0.1) is 5.69 Å². The minimum atomic E-state index is -0.235. The third-order valence-corrected chi connectivity index (χ3v) is 2.54. The van der Waals surface area contributed by atoms with E-state index in [1.165, 1.54) is 0 Å². The van der Waals surface area contributed by atoms with E-state index in [0.717, 1.165) is 11.3 Å². The Morgan fingerprint density at radius 3 is 2.71 bits per heavy atom. The fraction of sp³-hybridized carbons (Fsp3) is 0.556. The maximum Gasteiger partial charge on any atom is 0.234 e. The van der Waals surface area contributed by atoms with E-state index in [9.17, 15) is 4.79 Å². The molecule has 5 heteroatoms. The molecule has 14 heavy (non-hydrogen) atoms. The molecule has 0 aromatic carbocycles. The summed E-state index contributed by atoms with van der Waals surface area (Å²) in [6, 6.07) is 0. The molecule has 0 saturated carbocycles. The van der Waals surface area contributed by atoms with Crippen molar-refractivity contribution in [3.63, 3.8) is 0 Å². The molecule has 78 valence electrons. The number of amides is 1. The van der Waals surface area contributed by atoms with Crippen molar-refractivity contribution in [3.05, 3.63) is 11.3 Å². The van der Waals surface area contributed by atoms with Crippen LogP contribution in [0.4, 0.5) is 5.88 Å². The van der Waals surface area contributed by atoms with Crippen LogP contribution in [-0.4, -0.2) is 16.9 Å². The molecule has 0 bridgehead atoms. The van der Waals surface area contributed by atoms with Gasteiger partial charge in [-0.3, -0.25) is 10.1 Å². The lowest BCUT2D eigenvalue weighted by atomic mass is 10.2. The second kappa shape index (κ2) is 4.46. The second-order valence-corrected chi connectivity index (χ2v) is 3.58. The normalized spacial score (nSPS) is 12.6. The van der Waals surface area contributed by atoms with E-state index in [-0.39, 0.29) is 17.7 Å². The molecular weight excluding hydrogens is 204 g/mol. The summed E-state index contributed by atoms with van der Waals surface area (Å²) in [5.41, 5.74) is 1.62. The quantitative estimate of drug-likeness (QED) is 0.788. The Kier molecular flexibility index (Phi) is 3.52. The summed E-state index contributed by atoms with van der Waals surface area (Å²) in [5, 5.41) is 6.36. The van der Waals surface area contributed by atoms with Crippen LogP contribution in [0, 0.1) is 19.8 Å². The number of carbonyl (C=O) groups is 1. The number of nitrogens with one attached hydrogen (secondary N) is 1. The van der Waals surface area contributed by atoms with Gasteiger partial charge in [-0.25, -0.2) is 0 Å². The van der Waals surface area contributed by atoms with Gasteiger partial charge in [-0.1, -0.05) is 12.1 Å². The maximum absolute atomic E-state index is 11.4. The van der Waals surface area contributed by atoms with Crippen LogP contribution in [0.3, 0.4) is 0 Å². The van der Waals surface area contributed by atoms with Crippen LogP contribution in [0.25, 0.3) is 0 Å². The van der Waals surface area contributed by atoms with Crippen molar-refractivity contribution in [2.24, 2.45) is 5.92 Å². The number of hydrogen-bond acceptors (Lipinski definition) is 3. The van der Waals surface area contributed by atoms with E-state index in [4.69, 9.17) is 16.1 Å². The topological polar surface area (TPSA) is 55.1 Å². The fourth-order valence-electron chi connectivity index (χ4n) is 0.837. The molecular formula is C9H13ClN2O2. The van der Waals surface area contributed by atoms with E-state index in [2.05, 4.69) is 10.5 Å². The monoisotopic (exact) mass is 216 g/mol. The van der Waals surface area contributed by atoms with E-state index in [0.29, 0.717) is 5.88 Å². The standard InChI is InChI=1S/C9H13ClN2O2/c1-5(4-10)8(13)11-9-6(2)7(3)12-14-9/h5H,4H2,1-3H3,(H,11,13). The van der Waals surface area contributed by atoms with Gasteiger partial charge in [-0.15, -0.1) is 11.6 Å². The van der Waals surface area contributed by atoms with Gasteiger partial charge in [0.15, 0.2) is 0 Å². The molecule has 1 heterocycles. The summed E-state index contributed by atoms with van der Waals surface area (Å²) in [4.78, 5) is 11.4. The first-order chi connectivity index (χ1) is 6.56. The highest BCUT2D eigenvalue weighted by molar-refractivity contribution is 6.19. The summed E-state index contributed by atoms with van der Waals surface area (Å²) in [6.07, 6.45) is 0. The first kappa shape index (κ1) is 11.0. The van der Waals surface area contributed by atoms with E-state index >= 15 is 0 Å². The predicted molar refractivity (Wildman–Crippen MR) is 54.5 cm³/mol. The molecule has 1 aromatic heterocycles. The number of halogens is 1. The first-order valence-electron chi connectivity index (χ1n) is 4.36. The van der Waals surface area contributed by atoms with Crippen LogP contribution in [0.15, 0.2) is 4.52 Å². The average Bonchev–Trinajstić information content (AvgIpc) is 2.48. The van der Waals surface area contributed by atoms with Gasteiger partial charge in [-0.2, -0.15) is 0 Å². The highest BCUT2D eigenvalue weighted by Gasteiger charge is 2.16. The van der Waals surface area contributed by atoms with E-state index < -0.39 is 0 Å². The summed E-state index contributed by atoms with van der Waals surface area (Å²) in [6.45, 7) is 5.41. The predicted octanol–water partition coefficient (Wildman–Crippen LogP) is 2.10. The van der Waals surface area contributed by atoms with Crippen molar-refractivity contribution in [3.8, 4) is 0 Å². The van der Waals surface area contributed by atoms with Crippen LogP contribution >= 0.6 is 11.6 Å². The largest absolute Gasteiger partial charge is 0.338 e. The van der Waals surface area contributed by atoms with Gasteiger partial charge in [0, 0.05) is 17.4 Å². The first-order valence-corrected chi connectivity index (χ1v) is 4.89. The molecule has 4 nitrogen and oxygen atoms in total. The van der Waals surface area contributed by atoms with Crippen molar-refractivity contribution < 1.29 is 9.32 Å². The highest BCUT2D eigenvalue weighted by Crippen LogP contribution is 2.18. The number of rotatable bonds is 3. The van der Waals surface area contributed by atoms with Crippen molar-refractivity contribution in [2.75, 3.05) is 11.2 Å². The van der Waals surface area contributed by atoms with Gasteiger partial charge in [0.1, 0.15) is 0 Å². The summed E-state index contributed by atoms with van der Waals surface area (Å²) >= 11 is 5.55. The highest BCUT2D eigenvalue weighted by atomic mass is 35.5. The van der Waals surface area contributed by atoms with Crippen LogP contribution in [0.5, 0.6) is 0 Å². The number of aromatic nitrogens is 1. The summed E-state index contributed by atoms with van der Waals surface area (Å²) < 4.78 is 4.94. The Balaban J connectivity index is 2.70. The minimum Gasteiger partial charge on any atom is -0.338 e. The maximum atomic E-state index is 11.4. The Hall–Kier alpha value is -1.03. The molecule has 0 fully saturated rings. The number of nitrogens with zero attached hydrogens (tertiary/aromatic N) is 1. The second-order valence-electron chi connectivity index (χ2n) is 3.27. The van der Waals surface area contributed by atoms with E-state index in [1.807, 2.05) is 13.8 Å². The summed E-state index contributed by atoms with van der Waals surface area (Å²) in [7, 11) is 0. The minimum absolute atomic E-state index is 0.153. The number of alkyl halides is 1. The Morgan fingerprint density at radius 2 is 2.29 bits per heavy atom. The lowest BCUT2D eigenvalue weighted by Gasteiger charge is -2.06. The zero-order valence-corrected chi connectivity index (χ0v) is 9.18. The SMILES string of the molecule is Cc1noc(NC(=O)C(C)CCl)c1C. The van der Waals surface area contributed by atoms with Gasteiger partial charge >= 0.3 is 0 Å². The summed E-state index contributed by atoms with van der Waals surface area (Å²) in [5.74, 6) is 0.308. The molecule has 1 atom stereocenters. The molecule has 1 N–H and O–H groups in total. The van der Waals surface area contributed by atoms with Crippen molar-refractivity contribution in [1.29, 1.82) is 0 Å². The van der Waals surface area contributed by atoms with Crippen molar-refractivity contribution in [2.45, 2.75) is 20.8 Å². The molecule has 0 aliphatic heterocycles. The van der Waals surface area contributed by atoms with Crippen molar-refractivity contribution >= 4 is 23.4 Å². The molecule has 0 spiro atoms. The number of aryl methyl sites for hydroxylation is 1. The molecule has 1 amide bonds. The van der Waals surface area contributed by atoms with Gasteiger partial charge in [-0.05, 0) is 13.8 Å². The molecule has 0 radical (unpaired) electrons. The molecule has 0 aliphatic carbocycles. The molecule has 1 aromatic rings. The third-order valence-electron chi connectivity index (χ3n) is 2.07. The van der Waals surface area contributed by atoms with Crippen LogP contribution < -0.4 is 5.32 Å². The molecule has 0 saturated heterocycles. The van der Waals surface area contributed by atoms with Crippen LogP contribution in [0.1, 0.15) is 18.2 Å². The Labute approximate surface area is 87.6 Å². The van der Waals surface area contributed by atoms with Gasteiger partial charge in [0.25, 0.3) is 0 Å². The number of carbonyl (C=O) groups excluding carboxylic acids is 1. The molecule has 1 rings (SSSR count). The Morgan fingerprint density at radius 1 is 1.64 bits per heavy atom. The molecule has 0 aliphatic rings. The smallest absolute Gasteiger partial charge is 0.234 e. The average molecular weight is 217 g/mol. The zero-order chi connectivity index (χ0) is 10.7. The van der Waals surface area contributed by atoms with Gasteiger partial charge in [0.2, 0.25) is 11.8 Å². The lowest BCUT2D eigenvalue weighted by Crippen LogP contribution is -2.21. The van der Waals surface area contributed by atoms with Gasteiger partial charge < -0.3 is 4.52 Å². The van der Waals surface area contributed by atoms with Crippen molar-refractivity contribution in [1.82, 2.24) is 5.16 Å². The number of anilines is 1. The zero-order valence-electron chi connectivity index (χ0n) is 8.43. The lowest BCUT2D eigenvalue weighted by molar-refractivity contribution is -0.118. The molecule has 1 unspecified atom stereocenters. The third kappa shape index (κ3) is 2.26. The van der Waals surface area contributed by atoms with Crippen LogP contribution in [0.2, 0.25) is 0 Å². The van der Waals surface area contributed by atoms with E-state index in [1.54, 1.807) is 6.92 Å². The Bertz CT molecular complexity index is 336. The number of hydrogen-bond donors (Lipinski definition) is 1. The van der Waals surface area contributed by atoms with Crippen LogP contribution in [-0.2, 0) is 4.79 Å². The fourth-order valence-corrected chi connectivity index (χ4v) is 0.977.